The predicted molar refractivity (Wildman–Crippen MR) is 76.1 cm³/mol. The second kappa shape index (κ2) is 5.92. The van der Waals surface area contributed by atoms with Crippen molar-refractivity contribution >= 4 is 27.5 Å². The van der Waals surface area contributed by atoms with E-state index in [0.29, 0.717) is 12.4 Å². The number of aromatic nitrogens is 2. The summed E-state index contributed by atoms with van der Waals surface area (Å²) in [5, 5.41) is 4.45. The predicted octanol–water partition coefficient (Wildman–Crippen LogP) is 4.35. The minimum Gasteiger partial charge on any atom is -0.487 e. The van der Waals surface area contributed by atoms with Crippen molar-refractivity contribution in [1.82, 2.24) is 9.78 Å². The van der Waals surface area contributed by atoms with Crippen LogP contribution in [-0.2, 0) is 13.2 Å². The van der Waals surface area contributed by atoms with Crippen LogP contribution in [0.25, 0.3) is 0 Å². The molecule has 0 spiro atoms. The molecule has 6 heteroatoms. The van der Waals surface area contributed by atoms with Crippen molar-refractivity contribution in [3.05, 3.63) is 44.9 Å². The van der Waals surface area contributed by atoms with Crippen molar-refractivity contribution < 1.29 is 9.13 Å². The molecule has 2 aromatic rings. The average molecular weight is 348 g/mol. The minimum atomic E-state index is -0.488. The van der Waals surface area contributed by atoms with E-state index in [1.54, 1.807) is 6.07 Å². The number of hydrogen-bond donors (Lipinski definition) is 0. The van der Waals surface area contributed by atoms with Gasteiger partial charge in [-0.2, -0.15) is 5.10 Å². The van der Waals surface area contributed by atoms with E-state index in [9.17, 15) is 4.39 Å². The molecule has 0 radical (unpaired) electrons. The molecule has 0 amide bonds. The average Bonchev–Trinajstić information content (AvgIpc) is 2.67. The quantitative estimate of drug-likeness (QED) is 0.822. The lowest BCUT2D eigenvalue weighted by Crippen LogP contribution is -2.06. The molecular formula is C13H13BrClFN2O. The van der Waals surface area contributed by atoms with Crippen LogP contribution in [0.5, 0.6) is 5.75 Å². The fourth-order valence-electron chi connectivity index (χ4n) is 1.73. The number of hydrogen-bond acceptors (Lipinski definition) is 2. The third kappa shape index (κ3) is 3.09. The van der Waals surface area contributed by atoms with Gasteiger partial charge < -0.3 is 4.74 Å². The molecule has 3 nitrogen and oxygen atoms in total. The first-order chi connectivity index (χ1) is 9.02. The maximum absolute atomic E-state index is 13.3. The molecule has 0 unspecified atom stereocenters. The van der Waals surface area contributed by atoms with Crippen LogP contribution in [-0.4, -0.2) is 9.78 Å². The Hall–Kier alpha value is -1.07. The molecule has 19 heavy (non-hydrogen) atoms. The Morgan fingerprint density at radius 1 is 1.47 bits per heavy atom. The lowest BCUT2D eigenvalue weighted by molar-refractivity contribution is 0.290. The van der Waals surface area contributed by atoms with Crippen molar-refractivity contribution in [3.63, 3.8) is 0 Å². The van der Waals surface area contributed by atoms with Crippen molar-refractivity contribution in [1.29, 1.82) is 0 Å². The molecule has 0 N–H and O–H groups in total. The van der Waals surface area contributed by atoms with Gasteiger partial charge in [0.2, 0.25) is 0 Å². The fraction of sp³-hybridized carbons (Fsp3) is 0.308. The molecule has 1 aromatic heterocycles. The Morgan fingerprint density at radius 3 is 2.84 bits per heavy atom. The number of aryl methyl sites for hydroxylation is 2. The molecule has 0 fully saturated rings. The highest BCUT2D eigenvalue weighted by Crippen LogP contribution is 2.24. The number of nitrogens with zero attached hydrogens (tertiary/aromatic N) is 2. The van der Waals surface area contributed by atoms with Gasteiger partial charge in [0.25, 0.3) is 0 Å². The molecule has 1 heterocycles. The van der Waals surface area contributed by atoms with E-state index in [4.69, 9.17) is 16.3 Å². The SMILES string of the molecule is CCn1nc(C)c(Br)c1COc1ccc(Cl)c(F)c1. The Balaban J connectivity index is 2.16. The Morgan fingerprint density at radius 2 is 2.21 bits per heavy atom. The van der Waals surface area contributed by atoms with Crippen LogP contribution in [0.2, 0.25) is 5.02 Å². The number of halogens is 3. The van der Waals surface area contributed by atoms with E-state index < -0.39 is 5.82 Å². The topological polar surface area (TPSA) is 27.1 Å². The van der Waals surface area contributed by atoms with E-state index in [1.807, 2.05) is 18.5 Å². The molecule has 0 saturated heterocycles. The third-order valence-corrected chi connectivity index (χ3v) is 4.06. The molecule has 1 aromatic carbocycles. The maximum Gasteiger partial charge on any atom is 0.145 e. The molecule has 2 rings (SSSR count). The number of benzene rings is 1. The minimum absolute atomic E-state index is 0.0861. The van der Waals surface area contributed by atoms with Crippen LogP contribution in [0.4, 0.5) is 4.39 Å². The van der Waals surface area contributed by atoms with Crippen LogP contribution < -0.4 is 4.74 Å². The van der Waals surface area contributed by atoms with E-state index in [-0.39, 0.29) is 5.02 Å². The van der Waals surface area contributed by atoms with E-state index >= 15 is 0 Å². The molecule has 0 aliphatic heterocycles. The number of ether oxygens (including phenoxy) is 1. The molecule has 0 aliphatic carbocycles. The van der Waals surface area contributed by atoms with E-state index in [1.165, 1.54) is 12.1 Å². The number of rotatable bonds is 4. The normalized spacial score (nSPS) is 10.8. The highest BCUT2D eigenvalue weighted by Gasteiger charge is 2.13. The standard InChI is InChI=1S/C13H13BrClFN2O/c1-3-18-12(13(14)8(2)17-18)7-19-9-4-5-10(15)11(16)6-9/h4-6H,3,7H2,1-2H3. The van der Waals surface area contributed by atoms with Crippen molar-refractivity contribution in [2.45, 2.75) is 27.0 Å². The molecular weight excluding hydrogens is 335 g/mol. The van der Waals surface area contributed by atoms with Gasteiger partial charge in [0.15, 0.2) is 0 Å². The molecule has 0 saturated carbocycles. The summed E-state index contributed by atoms with van der Waals surface area (Å²) < 4.78 is 21.6. The summed E-state index contributed by atoms with van der Waals surface area (Å²) in [5.41, 5.74) is 1.83. The van der Waals surface area contributed by atoms with Gasteiger partial charge >= 0.3 is 0 Å². The maximum atomic E-state index is 13.3. The van der Waals surface area contributed by atoms with Gasteiger partial charge in [-0.05, 0) is 41.9 Å². The lowest BCUT2D eigenvalue weighted by atomic mass is 10.3. The summed E-state index contributed by atoms with van der Waals surface area (Å²) in [4.78, 5) is 0. The molecule has 0 aliphatic rings. The molecule has 102 valence electrons. The van der Waals surface area contributed by atoms with Crippen molar-refractivity contribution in [3.8, 4) is 5.75 Å². The van der Waals surface area contributed by atoms with Crippen molar-refractivity contribution in [2.24, 2.45) is 0 Å². The van der Waals surface area contributed by atoms with Gasteiger partial charge in [0.1, 0.15) is 18.2 Å². The summed E-state index contributed by atoms with van der Waals surface area (Å²) in [6, 6.07) is 4.39. The first-order valence-corrected chi connectivity index (χ1v) is 6.99. The first kappa shape index (κ1) is 14.3. The van der Waals surface area contributed by atoms with Gasteiger partial charge in [-0.1, -0.05) is 11.6 Å². The summed E-state index contributed by atoms with van der Waals surface area (Å²) in [7, 11) is 0. The van der Waals surface area contributed by atoms with Crippen LogP contribution in [0.1, 0.15) is 18.3 Å². The van der Waals surface area contributed by atoms with Crippen LogP contribution in [0, 0.1) is 12.7 Å². The second-order valence-electron chi connectivity index (χ2n) is 4.03. The Kier molecular flexibility index (Phi) is 4.47. The Labute approximate surface area is 124 Å². The van der Waals surface area contributed by atoms with Gasteiger partial charge in [-0.25, -0.2) is 4.39 Å². The highest BCUT2D eigenvalue weighted by atomic mass is 79.9. The van der Waals surface area contributed by atoms with Gasteiger partial charge in [0, 0.05) is 12.6 Å². The van der Waals surface area contributed by atoms with Crippen LogP contribution >= 0.6 is 27.5 Å². The zero-order chi connectivity index (χ0) is 14.0. The molecule has 0 bridgehead atoms. The highest BCUT2D eigenvalue weighted by molar-refractivity contribution is 9.10. The van der Waals surface area contributed by atoms with Crippen LogP contribution in [0.15, 0.2) is 22.7 Å². The smallest absolute Gasteiger partial charge is 0.145 e. The summed E-state index contributed by atoms with van der Waals surface area (Å²) in [5.74, 6) is -0.0475. The largest absolute Gasteiger partial charge is 0.487 e. The third-order valence-electron chi connectivity index (χ3n) is 2.72. The second-order valence-corrected chi connectivity index (χ2v) is 5.23. The van der Waals surface area contributed by atoms with E-state index in [0.717, 1.165) is 22.4 Å². The molecule has 0 atom stereocenters. The monoisotopic (exact) mass is 346 g/mol. The zero-order valence-corrected chi connectivity index (χ0v) is 12.9. The summed E-state index contributed by atoms with van der Waals surface area (Å²) >= 11 is 9.10. The van der Waals surface area contributed by atoms with Crippen molar-refractivity contribution in [2.75, 3.05) is 0 Å². The van der Waals surface area contributed by atoms with Crippen LogP contribution in [0.3, 0.4) is 0 Å². The first-order valence-electron chi connectivity index (χ1n) is 5.82. The van der Waals surface area contributed by atoms with E-state index in [2.05, 4.69) is 21.0 Å². The summed E-state index contributed by atoms with van der Waals surface area (Å²) in [6.45, 7) is 4.99. The summed E-state index contributed by atoms with van der Waals surface area (Å²) in [6.07, 6.45) is 0. The Bertz CT molecular complexity index is 601. The fourth-order valence-corrected chi connectivity index (χ4v) is 2.24. The zero-order valence-electron chi connectivity index (χ0n) is 10.6. The van der Waals surface area contributed by atoms with Gasteiger partial charge in [0.05, 0.1) is 20.9 Å². The van der Waals surface area contributed by atoms with Gasteiger partial charge in [-0.15, -0.1) is 0 Å². The lowest BCUT2D eigenvalue weighted by Gasteiger charge is -2.09. The van der Waals surface area contributed by atoms with Gasteiger partial charge in [-0.3, -0.25) is 4.68 Å².